The molecule has 0 fully saturated rings. The maximum Gasteiger partial charge on any atom is 0.313 e. The number of ether oxygens (including phenoxy) is 1. The number of aliphatic carboxylic acids is 1. The second-order valence-corrected chi connectivity index (χ2v) is 8.51. The van der Waals surface area contributed by atoms with Crippen LogP contribution in [-0.2, 0) is 4.79 Å². The summed E-state index contributed by atoms with van der Waals surface area (Å²) < 4.78 is 8.07. The lowest BCUT2D eigenvalue weighted by Gasteiger charge is -2.31. The summed E-state index contributed by atoms with van der Waals surface area (Å²) in [4.78, 5) is 18.2. The molecule has 6 heteroatoms. The number of nitrogens with zero attached hydrogens (tertiary/aromatic N) is 3. The Morgan fingerprint density at radius 1 is 1.16 bits per heavy atom. The van der Waals surface area contributed by atoms with E-state index < -0.39 is 11.4 Å². The maximum atomic E-state index is 11.7. The molecular formula is C25H33N3O3. The van der Waals surface area contributed by atoms with E-state index in [9.17, 15) is 9.90 Å². The van der Waals surface area contributed by atoms with Crippen LogP contribution in [0.5, 0.6) is 5.75 Å². The first-order valence-electron chi connectivity index (χ1n) is 10.8. The van der Waals surface area contributed by atoms with Crippen molar-refractivity contribution in [1.82, 2.24) is 14.5 Å². The molecule has 166 valence electrons. The van der Waals surface area contributed by atoms with Gasteiger partial charge in [-0.15, -0.1) is 0 Å². The van der Waals surface area contributed by atoms with Gasteiger partial charge in [0.15, 0.2) is 0 Å². The minimum absolute atomic E-state index is 0.142. The largest absolute Gasteiger partial charge is 0.492 e. The van der Waals surface area contributed by atoms with Crippen LogP contribution in [0.25, 0.3) is 10.8 Å². The molecule has 0 aliphatic rings. The van der Waals surface area contributed by atoms with Crippen LogP contribution >= 0.6 is 0 Å². The third-order valence-corrected chi connectivity index (χ3v) is 6.62. The summed E-state index contributed by atoms with van der Waals surface area (Å²) in [6, 6.07) is 12.8. The molecule has 0 radical (unpaired) electrons. The smallest absolute Gasteiger partial charge is 0.313 e. The van der Waals surface area contributed by atoms with Crippen LogP contribution in [0.15, 0.2) is 55.1 Å². The Morgan fingerprint density at radius 3 is 2.42 bits per heavy atom. The average molecular weight is 424 g/mol. The highest BCUT2D eigenvalue weighted by Gasteiger charge is 2.35. The number of aromatic nitrogens is 2. The van der Waals surface area contributed by atoms with Gasteiger partial charge in [0, 0.05) is 18.4 Å². The summed E-state index contributed by atoms with van der Waals surface area (Å²) in [5.41, 5.74) is 0.362. The van der Waals surface area contributed by atoms with Gasteiger partial charge in [0.1, 0.15) is 17.8 Å². The Labute approximate surface area is 184 Å². The maximum absolute atomic E-state index is 11.7. The molecule has 6 nitrogen and oxygen atoms in total. The summed E-state index contributed by atoms with van der Waals surface area (Å²) in [7, 11) is 4.17. The molecule has 0 amide bonds. The molecule has 0 aliphatic heterocycles. The fourth-order valence-corrected chi connectivity index (χ4v) is 3.97. The van der Waals surface area contributed by atoms with Gasteiger partial charge in [0.2, 0.25) is 0 Å². The predicted molar refractivity (Wildman–Crippen MR) is 124 cm³/mol. The average Bonchev–Trinajstić information content (AvgIpc) is 3.29. The molecule has 0 aliphatic carbocycles. The van der Waals surface area contributed by atoms with E-state index in [0.29, 0.717) is 18.6 Å². The summed E-state index contributed by atoms with van der Waals surface area (Å²) in [5, 5.41) is 11.8. The molecule has 2 aromatic carbocycles. The number of hydrogen-bond acceptors (Lipinski definition) is 4. The Balaban J connectivity index is 1.88. The zero-order valence-electron chi connectivity index (χ0n) is 19.1. The summed E-state index contributed by atoms with van der Waals surface area (Å²) in [6.07, 6.45) is 6.75. The van der Waals surface area contributed by atoms with Crippen LogP contribution in [0.3, 0.4) is 0 Å². The van der Waals surface area contributed by atoms with Crippen molar-refractivity contribution in [2.75, 3.05) is 20.7 Å². The molecule has 0 saturated heterocycles. The fourth-order valence-electron chi connectivity index (χ4n) is 3.97. The number of imidazole rings is 1. The number of hydrogen-bond donors (Lipinski definition) is 1. The lowest BCUT2D eigenvalue weighted by atomic mass is 9.83. The monoisotopic (exact) mass is 423 g/mol. The third-order valence-electron chi connectivity index (χ3n) is 6.62. The summed E-state index contributed by atoms with van der Waals surface area (Å²) >= 11 is 0. The van der Waals surface area contributed by atoms with Gasteiger partial charge in [-0.05, 0) is 68.4 Å². The van der Waals surface area contributed by atoms with Crippen molar-refractivity contribution in [1.29, 1.82) is 0 Å². The van der Waals surface area contributed by atoms with Gasteiger partial charge in [0.25, 0.3) is 0 Å². The molecule has 0 bridgehead atoms. The minimum atomic E-state index is -0.848. The Morgan fingerprint density at radius 2 is 1.84 bits per heavy atom. The molecule has 1 N–H and O–H groups in total. The molecule has 0 spiro atoms. The second kappa shape index (κ2) is 9.52. The number of fused-ring (bicyclic) bond motifs is 1. The molecule has 1 heterocycles. The summed E-state index contributed by atoms with van der Waals surface area (Å²) in [5.74, 6) is -0.107. The predicted octanol–water partition coefficient (Wildman–Crippen LogP) is 4.85. The number of carboxylic acid groups (broad SMARTS) is 1. The Hall–Kier alpha value is -2.86. The highest BCUT2D eigenvalue weighted by Crippen LogP contribution is 2.31. The zero-order valence-corrected chi connectivity index (χ0v) is 19.1. The van der Waals surface area contributed by atoms with E-state index in [-0.39, 0.29) is 18.7 Å². The molecule has 1 aromatic heterocycles. The van der Waals surface area contributed by atoms with Crippen molar-refractivity contribution in [2.45, 2.75) is 45.7 Å². The number of benzene rings is 2. The van der Waals surface area contributed by atoms with Gasteiger partial charge in [-0.3, -0.25) is 4.79 Å². The standard InChI is InChI=1S/C25H33N3O3/c1-6-25(7-2,24(29)30)16-31-22-11-10-19-14-21(9-8-20(19)15-22)23(18(3)27(4)5)28-13-12-26-17-28/h8-15,17-18,23H,6-7,16H2,1-5H3,(H,29,30)/t18-,23+/m1/s1. The lowest BCUT2D eigenvalue weighted by Crippen LogP contribution is -2.36. The van der Waals surface area contributed by atoms with Gasteiger partial charge in [-0.1, -0.05) is 32.0 Å². The SMILES string of the molecule is CCC(CC)(COc1ccc2cc([C@H]([C@@H](C)N(C)C)n3ccnc3)ccc2c1)C(=O)O. The van der Waals surface area contributed by atoms with Crippen molar-refractivity contribution in [3.63, 3.8) is 0 Å². The van der Waals surface area contributed by atoms with E-state index in [0.717, 1.165) is 10.8 Å². The van der Waals surface area contributed by atoms with Crippen LogP contribution in [0.2, 0.25) is 0 Å². The van der Waals surface area contributed by atoms with Crippen LogP contribution in [0.1, 0.15) is 45.2 Å². The number of likely N-dealkylation sites (N-methyl/N-ethyl adjacent to an activating group) is 1. The Bertz CT molecular complexity index is 1010. The normalized spacial score (nSPS) is 14.0. The first-order valence-corrected chi connectivity index (χ1v) is 10.8. The second-order valence-electron chi connectivity index (χ2n) is 8.51. The fraction of sp³-hybridized carbons (Fsp3) is 0.440. The molecular weight excluding hydrogens is 390 g/mol. The van der Waals surface area contributed by atoms with E-state index >= 15 is 0 Å². The topological polar surface area (TPSA) is 67.6 Å². The highest BCUT2D eigenvalue weighted by molar-refractivity contribution is 5.84. The lowest BCUT2D eigenvalue weighted by molar-refractivity contribution is -0.151. The first-order chi connectivity index (χ1) is 14.8. The van der Waals surface area contributed by atoms with Crippen LogP contribution in [0, 0.1) is 5.41 Å². The molecule has 3 rings (SSSR count). The van der Waals surface area contributed by atoms with Gasteiger partial charge in [-0.2, -0.15) is 0 Å². The van der Waals surface area contributed by atoms with E-state index in [1.54, 1.807) is 0 Å². The van der Waals surface area contributed by atoms with E-state index in [1.165, 1.54) is 5.56 Å². The highest BCUT2D eigenvalue weighted by atomic mass is 16.5. The number of rotatable bonds is 10. The molecule has 0 unspecified atom stereocenters. The van der Waals surface area contributed by atoms with E-state index in [4.69, 9.17) is 4.74 Å². The molecule has 0 saturated carbocycles. The van der Waals surface area contributed by atoms with Crippen molar-refractivity contribution in [3.05, 3.63) is 60.7 Å². The van der Waals surface area contributed by atoms with Gasteiger partial charge in [-0.25, -0.2) is 4.98 Å². The van der Waals surface area contributed by atoms with Gasteiger partial charge < -0.3 is 19.3 Å². The van der Waals surface area contributed by atoms with E-state index in [1.807, 2.05) is 50.8 Å². The number of carbonyl (C=O) groups is 1. The quantitative estimate of drug-likeness (QED) is 0.505. The van der Waals surface area contributed by atoms with E-state index in [2.05, 4.69) is 53.7 Å². The first kappa shape index (κ1) is 22.8. The van der Waals surface area contributed by atoms with Crippen molar-refractivity contribution < 1.29 is 14.6 Å². The van der Waals surface area contributed by atoms with Crippen molar-refractivity contribution in [2.24, 2.45) is 5.41 Å². The van der Waals surface area contributed by atoms with Crippen LogP contribution in [-0.4, -0.2) is 52.3 Å². The zero-order chi connectivity index (χ0) is 22.6. The molecule has 3 aromatic rings. The van der Waals surface area contributed by atoms with Crippen molar-refractivity contribution in [3.8, 4) is 5.75 Å². The van der Waals surface area contributed by atoms with Gasteiger partial charge >= 0.3 is 5.97 Å². The summed E-state index contributed by atoms with van der Waals surface area (Å²) in [6.45, 7) is 6.17. The van der Waals surface area contributed by atoms with Gasteiger partial charge in [0.05, 0.1) is 12.4 Å². The third kappa shape index (κ3) is 4.74. The van der Waals surface area contributed by atoms with Crippen LogP contribution < -0.4 is 4.74 Å². The van der Waals surface area contributed by atoms with Crippen LogP contribution in [0.4, 0.5) is 0 Å². The molecule has 2 atom stereocenters. The minimum Gasteiger partial charge on any atom is -0.492 e. The Kier molecular flexibility index (Phi) is 7.01. The van der Waals surface area contributed by atoms with Crippen molar-refractivity contribution >= 4 is 16.7 Å². The number of carboxylic acids is 1. The molecule has 31 heavy (non-hydrogen) atoms.